The molecule has 233 valence electrons. The number of aromatic nitrogens is 1. The summed E-state index contributed by atoms with van der Waals surface area (Å²) in [5, 5.41) is 4.64. The number of sulfonamides is 1. The Morgan fingerprint density at radius 2 is 1.67 bits per heavy atom. The van der Waals surface area contributed by atoms with E-state index in [1.807, 2.05) is 60.7 Å². The maximum absolute atomic E-state index is 13.3. The van der Waals surface area contributed by atoms with Gasteiger partial charge in [0.05, 0.1) is 6.26 Å². The molecule has 0 bridgehead atoms. The molecular weight excluding hydrogens is 582 g/mol. The normalized spacial score (nSPS) is 12.2. The number of carbonyl (C=O) groups excluding carboxylic acids is 1. The number of anilines is 1. The molecule has 5 rings (SSSR count). The third kappa shape index (κ3) is 9.06. The lowest BCUT2D eigenvalue weighted by molar-refractivity contribution is -0.147. The van der Waals surface area contributed by atoms with Crippen LogP contribution in [-0.2, 0) is 39.0 Å². The molecule has 0 saturated heterocycles. The first-order valence-corrected chi connectivity index (χ1v) is 17.1. The van der Waals surface area contributed by atoms with Crippen molar-refractivity contribution in [3.8, 4) is 11.3 Å². The van der Waals surface area contributed by atoms with Crippen molar-refractivity contribution in [3.05, 3.63) is 125 Å². The highest BCUT2D eigenvalue weighted by Crippen LogP contribution is 2.31. The average molecular weight is 623 g/mol. The van der Waals surface area contributed by atoms with Crippen LogP contribution in [0.2, 0.25) is 0 Å². The van der Waals surface area contributed by atoms with Crippen molar-refractivity contribution in [1.82, 2.24) is 10.3 Å². The van der Waals surface area contributed by atoms with E-state index in [1.54, 1.807) is 12.1 Å². The maximum atomic E-state index is 13.3. The Morgan fingerprint density at radius 1 is 0.933 bits per heavy atom. The molecule has 4 aromatic carbocycles. The van der Waals surface area contributed by atoms with Crippen LogP contribution >= 0.6 is 0 Å². The molecule has 0 saturated carbocycles. The molecule has 0 aliphatic rings. The summed E-state index contributed by atoms with van der Waals surface area (Å²) in [5.41, 5.74) is 9.46. The molecule has 1 radical (unpaired) electrons. The Balaban J connectivity index is 1.28. The van der Waals surface area contributed by atoms with Crippen LogP contribution in [0.3, 0.4) is 0 Å². The van der Waals surface area contributed by atoms with Crippen molar-refractivity contribution in [1.29, 1.82) is 0 Å². The summed E-state index contributed by atoms with van der Waals surface area (Å²) in [6, 6.07) is 32.3. The van der Waals surface area contributed by atoms with Gasteiger partial charge in [0.2, 0.25) is 10.0 Å². The molecule has 3 N–H and O–H groups in total. The lowest BCUT2D eigenvalue weighted by Crippen LogP contribution is -2.39. The van der Waals surface area contributed by atoms with Gasteiger partial charge in [0.1, 0.15) is 12.6 Å². The minimum atomic E-state index is -3.33. The lowest BCUT2D eigenvalue weighted by atomic mass is 9.99. The highest BCUT2D eigenvalue weighted by atomic mass is 32.2. The van der Waals surface area contributed by atoms with Crippen LogP contribution in [0, 0.1) is 19.9 Å². The number of nitrogens with one attached hydrogen (secondary N) is 3. The molecule has 1 atom stereocenters. The van der Waals surface area contributed by atoms with Crippen LogP contribution in [0.25, 0.3) is 22.2 Å². The van der Waals surface area contributed by atoms with Crippen LogP contribution in [0.5, 0.6) is 0 Å². The van der Waals surface area contributed by atoms with E-state index in [4.69, 9.17) is 4.74 Å². The minimum absolute atomic E-state index is 0.224. The zero-order valence-electron chi connectivity index (χ0n) is 26.0. The van der Waals surface area contributed by atoms with Crippen molar-refractivity contribution in [2.45, 2.75) is 52.2 Å². The van der Waals surface area contributed by atoms with E-state index in [0.29, 0.717) is 18.7 Å². The standard InChI is InChI=1S/C37H40N3O4S/c1-26-22-27(2)24-30(23-26)36-33(32-13-7-8-14-34(32)39-36)20-21-38-35(37(41)44-25-29-10-5-4-6-11-29)15-9-12-28-16-18-31(19-17-28)40-45(3,42)43/h4-6,8,10-11,13-14,16-19,22-24,35,38-40H,9,12,15,20-21,25H2,1-3H3. The molecular formula is C37H40N3O4S. The molecule has 1 unspecified atom stereocenters. The number of benzene rings is 4. The Hall–Kier alpha value is -4.40. The number of H-pyrrole nitrogens is 1. The second-order valence-electron chi connectivity index (χ2n) is 11.6. The minimum Gasteiger partial charge on any atom is -0.460 e. The summed E-state index contributed by atoms with van der Waals surface area (Å²) in [4.78, 5) is 17.0. The second kappa shape index (κ2) is 14.6. The topological polar surface area (TPSA) is 100 Å². The molecule has 5 aromatic rings. The number of hydrogen-bond acceptors (Lipinski definition) is 5. The number of ether oxygens (including phenoxy) is 1. The van der Waals surface area contributed by atoms with Gasteiger partial charge in [-0.05, 0) is 104 Å². The van der Waals surface area contributed by atoms with E-state index >= 15 is 0 Å². The van der Waals surface area contributed by atoms with E-state index in [0.717, 1.165) is 58.8 Å². The number of esters is 1. The summed E-state index contributed by atoms with van der Waals surface area (Å²) >= 11 is 0. The van der Waals surface area contributed by atoms with Crippen LogP contribution < -0.4 is 10.0 Å². The number of fused-ring (bicyclic) bond motifs is 1. The molecule has 1 aromatic heterocycles. The largest absolute Gasteiger partial charge is 0.460 e. The SMILES string of the molecule is Cc1cc(C)cc(-c2[nH]c3cc[c]cc3c2CCNC(CCCc2ccc(NS(C)(=O)=O)cc2)C(=O)OCc2ccccc2)c1. The van der Waals surface area contributed by atoms with Crippen LogP contribution in [0.15, 0.2) is 91.0 Å². The molecule has 0 fully saturated rings. The first-order chi connectivity index (χ1) is 21.6. The van der Waals surface area contributed by atoms with E-state index in [9.17, 15) is 13.2 Å². The first-order valence-electron chi connectivity index (χ1n) is 15.2. The number of hydrogen-bond donors (Lipinski definition) is 3. The van der Waals surface area contributed by atoms with Gasteiger partial charge in [0, 0.05) is 28.8 Å². The van der Waals surface area contributed by atoms with Crippen molar-refractivity contribution in [3.63, 3.8) is 0 Å². The third-order valence-electron chi connectivity index (χ3n) is 7.75. The molecule has 0 amide bonds. The Bertz CT molecular complexity index is 1830. The van der Waals surface area contributed by atoms with Crippen LogP contribution in [0.1, 0.15) is 40.7 Å². The predicted octanol–water partition coefficient (Wildman–Crippen LogP) is 6.89. The van der Waals surface area contributed by atoms with Gasteiger partial charge < -0.3 is 15.0 Å². The fraction of sp³-hybridized carbons (Fsp3) is 0.270. The van der Waals surface area contributed by atoms with E-state index in [2.05, 4.69) is 53.1 Å². The van der Waals surface area contributed by atoms with Gasteiger partial charge in [-0.15, -0.1) is 0 Å². The quantitative estimate of drug-likeness (QED) is 0.117. The van der Waals surface area contributed by atoms with E-state index < -0.39 is 16.1 Å². The molecule has 45 heavy (non-hydrogen) atoms. The van der Waals surface area contributed by atoms with E-state index in [1.165, 1.54) is 16.7 Å². The molecule has 8 heteroatoms. The highest BCUT2D eigenvalue weighted by Gasteiger charge is 2.21. The van der Waals surface area contributed by atoms with Gasteiger partial charge in [-0.2, -0.15) is 0 Å². The van der Waals surface area contributed by atoms with Gasteiger partial charge in [0.25, 0.3) is 0 Å². The van der Waals surface area contributed by atoms with Crippen molar-refractivity contribution < 1.29 is 17.9 Å². The van der Waals surface area contributed by atoms with Gasteiger partial charge >= 0.3 is 5.97 Å². The Kier molecular flexibility index (Phi) is 10.4. The Morgan fingerprint density at radius 3 is 2.38 bits per heavy atom. The fourth-order valence-electron chi connectivity index (χ4n) is 5.73. The zero-order chi connectivity index (χ0) is 31.8. The summed E-state index contributed by atoms with van der Waals surface area (Å²) in [5.74, 6) is -0.270. The Labute approximate surface area is 266 Å². The van der Waals surface area contributed by atoms with Gasteiger partial charge in [-0.3, -0.25) is 9.52 Å². The molecule has 0 spiro atoms. The first kappa shape index (κ1) is 32.0. The van der Waals surface area contributed by atoms with Gasteiger partial charge in [-0.25, -0.2) is 8.42 Å². The second-order valence-corrected chi connectivity index (χ2v) is 13.4. The number of aromatic amines is 1. The summed E-state index contributed by atoms with van der Waals surface area (Å²) in [6.45, 7) is 5.04. The van der Waals surface area contributed by atoms with Crippen LogP contribution in [-0.4, -0.2) is 38.2 Å². The van der Waals surface area contributed by atoms with E-state index in [-0.39, 0.29) is 12.6 Å². The maximum Gasteiger partial charge on any atom is 0.323 e. The smallest absolute Gasteiger partial charge is 0.323 e. The predicted molar refractivity (Wildman–Crippen MR) is 182 cm³/mol. The number of aryl methyl sites for hydroxylation is 3. The number of carbonyl (C=O) groups is 1. The summed E-state index contributed by atoms with van der Waals surface area (Å²) < 4.78 is 31.3. The van der Waals surface area contributed by atoms with Gasteiger partial charge in [-0.1, -0.05) is 65.7 Å². The van der Waals surface area contributed by atoms with Crippen molar-refractivity contribution in [2.75, 3.05) is 17.5 Å². The lowest BCUT2D eigenvalue weighted by Gasteiger charge is -2.18. The third-order valence-corrected chi connectivity index (χ3v) is 8.36. The fourth-order valence-corrected chi connectivity index (χ4v) is 6.29. The summed E-state index contributed by atoms with van der Waals surface area (Å²) in [6.07, 6.45) is 3.96. The zero-order valence-corrected chi connectivity index (χ0v) is 26.8. The van der Waals surface area contributed by atoms with Crippen molar-refractivity contribution in [2.24, 2.45) is 0 Å². The van der Waals surface area contributed by atoms with Crippen molar-refractivity contribution >= 4 is 32.6 Å². The van der Waals surface area contributed by atoms with Gasteiger partial charge in [0.15, 0.2) is 0 Å². The van der Waals surface area contributed by atoms with Crippen LogP contribution in [0.4, 0.5) is 5.69 Å². The average Bonchev–Trinajstić information content (AvgIpc) is 3.38. The molecule has 1 heterocycles. The molecule has 0 aliphatic carbocycles. The monoisotopic (exact) mass is 622 g/mol. The molecule has 7 nitrogen and oxygen atoms in total. The summed E-state index contributed by atoms with van der Waals surface area (Å²) in [7, 11) is -3.33. The molecule has 0 aliphatic heterocycles. The number of rotatable bonds is 14. The highest BCUT2D eigenvalue weighted by molar-refractivity contribution is 7.92.